The molecule has 19 heteroatoms. The Bertz CT molecular complexity index is 1760. The normalized spacial score (nSPS) is 20.8. The molecule has 0 aromatic carbocycles. The summed E-state index contributed by atoms with van der Waals surface area (Å²) in [5.41, 5.74) is 7.38. The second kappa shape index (κ2) is 20.7. The van der Waals surface area contributed by atoms with Crippen LogP contribution in [0.3, 0.4) is 0 Å². The van der Waals surface area contributed by atoms with Crippen molar-refractivity contribution >= 4 is 47.3 Å². The molecule has 0 bridgehead atoms. The highest BCUT2D eigenvalue weighted by Gasteiger charge is 2.48. The molecular weight excluding hydrogens is 762 g/mol. The summed E-state index contributed by atoms with van der Waals surface area (Å²) in [7, 11) is 0. The number of hydrogen-bond donors (Lipinski definition) is 2. The van der Waals surface area contributed by atoms with Gasteiger partial charge < -0.3 is 30.4 Å². The quantitative estimate of drug-likeness (QED) is 0.276. The molecule has 0 spiro atoms. The number of carboxylic acid groups (broad SMARTS) is 1. The number of halogens is 5. The lowest BCUT2D eigenvalue weighted by atomic mass is 10.0. The van der Waals surface area contributed by atoms with Crippen LogP contribution in [0.25, 0.3) is 0 Å². The lowest BCUT2D eigenvalue weighted by molar-refractivity contribution is -0.132. The fourth-order valence-corrected chi connectivity index (χ4v) is 6.97. The maximum atomic E-state index is 13.5. The Hall–Kier alpha value is -5.07. The fraction of sp³-hybridized carbons (Fsp3) is 0.568. The van der Waals surface area contributed by atoms with Gasteiger partial charge in [0, 0.05) is 69.8 Å². The summed E-state index contributed by atoms with van der Waals surface area (Å²) in [4.78, 5) is 61.0. The molecule has 56 heavy (non-hydrogen) atoms. The van der Waals surface area contributed by atoms with Crippen LogP contribution in [-0.4, -0.2) is 118 Å². The van der Waals surface area contributed by atoms with Gasteiger partial charge in [0.1, 0.15) is 12.1 Å². The van der Waals surface area contributed by atoms with Crippen molar-refractivity contribution in [1.29, 1.82) is 10.5 Å². The molecule has 3 N–H and O–H groups in total. The molecule has 2 aromatic heterocycles. The van der Waals surface area contributed by atoms with Crippen molar-refractivity contribution in [3.8, 4) is 12.1 Å². The number of aromatic carboxylic acids is 1. The van der Waals surface area contributed by atoms with Crippen LogP contribution in [0.1, 0.15) is 84.9 Å². The number of carboxylic acids is 1. The Morgan fingerprint density at radius 1 is 0.732 bits per heavy atom. The molecule has 0 saturated carbocycles. The maximum absolute atomic E-state index is 13.5. The Morgan fingerprint density at radius 3 is 1.59 bits per heavy atom. The van der Waals surface area contributed by atoms with E-state index in [0.29, 0.717) is 11.1 Å². The number of Topliss-reactive ketones (excluding diaryl/α,β-unsaturated/α-hetero) is 1. The first-order valence-electron chi connectivity index (χ1n) is 18.2. The average Bonchev–Trinajstić information content (AvgIpc) is 3.71. The molecule has 2 amide bonds. The van der Waals surface area contributed by atoms with E-state index in [4.69, 9.17) is 21.4 Å². The van der Waals surface area contributed by atoms with E-state index in [9.17, 15) is 36.7 Å². The lowest BCUT2D eigenvalue weighted by Crippen LogP contribution is -2.39. The summed E-state index contributed by atoms with van der Waals surface area (Å²) in [6.07, 6.45) is 11.6. The largest absolute Gasteiger partial charge is 0.478 e. The van der Waals surface area contributed by atoms with Crippen molar-refractivity contribution in [3.05, 3.63) is 48.0 Å². The number of aromatic nitrogens is 2. The van der Waals surface area contributed by atoms with Gasteiger partial charge in [-0.15, -0.1) is 12.4 Å². The van der Waals surface area contributed by atoms with Gasteiger partial charge in [0.15, 0.2) is 5.78 Å². The number of nitriles is 2. The molecule has 304 valence electrons. The second-order valence-corrected chi connectivity index (χ2v) is 13.8. The number of hydrogen-bond acceptors (Lipinski definition) is 11. The van der Waals surface area contributed by atoms with Crippen LogP contribution < -0.4 is 15.5 Å². The number of pyridine rings is 2. The van der Waals surface area contributed by atoms with Gasteiger partial charge in [-0.3, -0.25) is 24.4 Å². The smallest absolute Gasteiger partial charge is 0.337 e. The summed E-state index contributed by atoms with van der Waals surface area (Å²) in [6.45, 7) is 1.80. The maximum Gasteiger partial charge on any atom is 0.337 e. The Morgan fingerprint density at radius 2 is 1.16 bits per heavy atom. The monoisotopic (exact) mass is 807 g/mol. The van der Waals surface area contributed by atoms with Gasteiger partial charge in [0.2, 0.25) is 11.8 Å². The van der Waals surface area contributed by atoms with Crippen molar-refractivity contribution < 1.29 is 41.8 Å². The predicted molar refractivity (Wildman–Crippen MR) is 199 cm³/mol. The molecule has 4 fully saturated rings. The molecule has 6 heterocycles. The summed E-state index contributed by atoms with van der Waals surface area (Å²) in [6, 6.07) is 4.43. The zero-order valence-electron chi connectivity index (χ0n) is 30.8. The summed E-state index contributed by atoms with van der Waals surface area (Å²) in [5.74, 6) is -8.29. The second-order valence-electron chi connectivity index (χ2n) is 13.8. The number of nitrogens with zero attached hydrogens (tertiary/aromatic N) is 8. The standard InChI is InChI=1S/C19H22F2N4O2.C11H14N2O2.C7H9F2N3O.ClH/c20-19(21)10-14(11-22)25(13-19)18(27)5-4-17(26)15-6-7-23-12-16(15)24-8-2-1-3-9-24;14-11(15)9-4-5-12-8-10(9)13-6-2-1-3-7-13;8-7(9)1-5(2-10)12(4-7)6(13)3-11;/h6-7,12,14H,1-5,8-10,13H2;4-5,8H,1-3,6-7H2,(H,14,15);5H,1,3-4,11H2;1H/t14-;;5-;/m0.0./s1. The molecule has 4 saturated heterocycles. The van der Waals surface area contributed by atoms with E-state index in [1.54, 1.807) is 36.7 Å². The highest BCUT2D eigenvalue weighted by atomic mass is 35.5. The van der Waals surface area contributed by atoms with E-state index in [-0.39, 0.29) is 37.6 Å². The van der Waals surface area contributed by atoms with Crippen molar-refractivity contribution in [3.63, 3.8) is 0 Å². The van der Waals surface area contributed by atoms with Crippen molar-refractivity contribution in [2.45, 2.75) is 88.1 Å². The molecule has 2 atom stereocenters. The molecule has 4 aliphatic heterocycles. The summed E-state index contributed by atoms with van der Waals surface area (Å²) >= 11 is 0. The molecule has 14 nitrogen and oxygen atoms in total. The Kier molecular flexibility index (Phi) is 16.8. The highest BCUT2D eigenvalue weighted by molar-refractivity contribution is 6.02. The van der Waals surface area contributed by atoms with Gasteiger partial charge in [0.05, 0.1) is 61.1 Å². The summed E-state index contributed by atoms with van der Waals surface area (Å²) in [5, 5.41) is 26.5. The van der Waals surface area contributed by atoms with Crippen LogP contribution in [0.15, 0.2) is 36.9 Å². The molecule has 0 aliphatic carbocycles. The lowest BCUT2D eigenvalue weighted by Gasteiger charge is -2.30. The van der Waals surface area contributed by atoms with E-state index < -0.39 is 67.6 Å². The number of piperidine rings is 2. The van der Waals surface area contributed by atoms with Gasteiger partial charge in [-0.2, -0.15) is 10.5 Å². The first kappa shape index (κ1) is 45.3. The van der Waals surface area contributed by atoms with Crippen LogP contribution in [-0.2, 0) is 9.59 Å². The molecule has 4 aliphatic rings. The number of nitrogens with two attached hydrogens (primary N) is 1. The van der Waals surface area contributed by atoms with Crippen LogP contribution in [0.5, 0.6) is 0 Å². The molecule has 0 radical (unpaired) electrons. The first-order chi connectivity index (χ1) is 26.2. The third-order valence-corrected chi connectivity index (χ3v) is 9.74. The van der Waals surface area contributed by atoms with Gasteiger partial charge in [-0.05, 0) is 50.7 Å². The third kappa shape index (κ3) is 12.2. The average molecular weight is 808 g/mol. The van der Waals surface area contributed by atoms with Gasteiger partial charge >= 0.3 is 5.97 Å². The van der Waals surface area contributed by atoms with E-state index in [1.807, 2.05) is 0 Å². The van der Waals surface area contributed by atoms with E-state index in [1.165, 1.54) is 18.8 Å². The van der Waals surface area contributed by atoms with E-state index >= 15 is 0 Å². The fourth-order valence-electron chi connectivity index (χ4n) is 6.97. The number of carbonyl (C=O) groups is 4. The molecular formula is C37H46ClF4N9O5. The molecule has 2 aromatic rings. The van der Waals surface area contributed by atoms with Crippen molar-refractivity contribution in [2.24, 2.45) is 5.73 Å². The summed E-state index contributed by atoms with van der Waals surface area (Å²) < 4.78 is 52.5. The van der Waals surface area contributed by atoms with Crippen LogP contribution in [0.2, 0.25) is 0 Å². The zero-order valence-corrected chi connectivity index (χ0v) is 31.6. The minimum absolute atomic E-state index is 0. The number of rotatable bonds is 8. The van der Waals surface area contributed by atoms with Gasteiger partial charge in [0.25, 0.3) is 11.8 Å². The SMILES string of the molecule is Cl.N#C[C@@H]1CC(F)(F)CN1C(=O)CCC(=O)c1ccncc1N1CCCCC1.N#C[C@@H]1CC(F)(F)CN1C(=O)CN.O=C(O)c1ccncc1N1CCCCC1. The van der Waals surface area contributed by atoms with Crippen LogP contribution in [0.4, 0.5) is 28.9 Å². The number of amides is 2. The van der Waals surface area contributed by atoms with Crippen molar-refractivity contribution in [2.75, 3.05) is 55.6 Å². The van der Waals surface area contributed by atoms with Gasteiger partial charge in [-0.1, -0.05) is 0 Å². The number of carbonyl (C=O) groups excluding carboxylic acids is 3. The number of alkyl halides is 4. The van der Waals surface area contributed by atoms with Crippen molar-refractivity contribution in [1.82, 2.24) is 19.8 Å². The van der Waals surface area contributed by atoms with E-state index in [2.05, 4.69) is 19.8 Å². The van der Waals surface area contributed by atoms with E-state index in [0.717, 1.165) is 79.5 Å². The molecule has 0 unspecified atom stereocenters. The topological polar surface area (TPSA) is 201 Å². The number of likely N-dealkylation sites (tertiary alicyclic amines) is 2. The minimum Gasteiger partial charge on any atom is -0.478 e. The number of ketones is 1. The van der Waals surface area contributed by atoms with Crippen LogP contribution >= 0.6 is 12.4 Å². The Balaban J connectivity index is 0.000000245. The first-order valence-corrected chi connectivity index (χ1v) is 18.2. The minimum atomic E-state index is -3.05. The third-order valence-electron chi connectivity index (χ3n) is 9.74. The van der Waals surface area contributed by atoms with Gasteiger partial charge in [-0.25, -0.2) is 22.4 Å². The zero-order chi connectivity index (χ0) is 40.2. The Labute approximate surface area is 328 Å². The highest BCUT2D eigenvalue weighted by Crippen LogP contribution is 2.33. The molecule has 6 rings (SSSR count). The number of anilines is 2. The predicted octanol–water partition coefficient (Wildman–Crippen LogP) is 4.69. The van der Waals surface area contributed by atoms with Crippen LogP contribution in [0, 0.1) is 22.7 Å².